The number of anilines is 1. The quantitative estimate of drug-likeness (QED) is 0.402. The van der Waals surface area contributed by atoms with Gasteiger partial charge in [0.1, 0.15) is 5.82 Å². The molecular weight excluding hydrogens is 375 g/mol. The van der Waals surface area contributed by atoms with Crippen molar-refractivity contribution in [3.63, 3.8) is 0 Å². The number of carbonyl (C=O) groups is 2. The third kappa shape index (κ3) is 4.03. The summed E-state index contributed by atoms with van der Waals surface area (Å²) in [6.45, 7) is 0. The van der Waals surface area contributed by atoms with Crippen molar-refractivity contribution in [3.05, 3.63) is 78.4 Å². The van der Waals surface area contributed by atoms with Crippen molar-refractivity contribution in [3.8, 4) is 11.3 Å². The summed E-state index contributed by atoms with van der Waals surface area (Å²) >= 11 is 0. The van der Waals surface area contributed by atoms with Crippen molar-refractivity contribution in [2.45, 2.75) is 0 Å². The molecule has 29 heavy (non-hydrogen) atoms. The number of pyridine rings is 1. The molecule has 0 saturated heterocycles. The molecule has 4 aromatic rings. The number of nitrogens with zero attached hydrogens (tertiary/aromatic N) is 2. The number of aromatic amines is 1. The molecule has 0 aliphatic carbocycles. The van der Waals surface area contributed by atoms with Gasteiger partial charge in [-0.25, -0.2) is 19.6 Å². The van der Waals surface area contributed by atoms with Gasteiger partial charge < -0.3 is 5.32 Å². The summed E-state index contributed by atoms with van der Waals surface area (Å²) in [5, 5.41) is 9.39. The summed E-state index contributed by atoms with van der Waals surface area (Å²) in [4.78, 5) is 29.2. The molecule has 0 unspecified atom stereocenters. The van der Waals surface area contributed by atoms with Crippen LogP contribution in [0.5, 0.6) is 0 Å². The molecule has 0 saturated carbocycles. The molecule has 0 fully saturated rings. The van der Waals surface area contributed by atoms with Gasteiger partial charge >= 0.3 is 6.03 Å². The van der Waals surface area contributed by atoms with E-state index in [9.17, 15) is 14.0 Å². The number of carbonyl (C=O) groups excluding carboxylic acids is 2. The third-order valence-electron chi connectivity index (χ3n) is 4.15. The van der Waals surface area contributed by atoms with E-state index in [4.69, 9.17) is 0 Å². The molecule has 3 amide bonds. The van der Waals surface area contributed by atoms with E-state index in [0.29, 0.717) is 33.4 Å². The lowest BCUT2D eigenvalue weighted by molar-refractivity contribution is 0.0939. The molecule has 0 bridgehead atoms. The summed E-state index contributed by atoms with van der Waals surface area (Å²) in [7, 11) is 0. The summed E-state index contributed by atoms with van der Waals surface area (Å²) < 4.78 is 13.2. The van der Waals surface area contributed by atoms with Gasteiger partial charge in [0.15, 0.2) is 0 Å². The average Bonchev–Trinajstić information content (AvgIpc) is 3.24. The number of urea groups is 1. The highest BCUT2D eigenvalue weighted by Gasteiger charge is 2.15. The van der Waals surface area contributed by atoms with Crippen LogP contribution in [0.2, 0.25) is 0 Å². The molecule has 0 radical (unpaired) electrons. The van der Waals surface area contributed by atoms with Gasteiger partial charge in [-0.05, 0) is 36.4 Å². The number of hydrogen-bond donors (Lipinski definition) is 4. The van der Waals surface area contributed by atoms with E-state index in [-0.39, 0.29) is 5.82 Å². The van der Waals surface area contributed by atoms with Gasteiger partial charge in [-0.15, -0.1) is 0 Å². The van der Waals surface area contributed by atoms with Crippen LogP contribution in [0.3, 0.4) is 0 Å². The first-order valence-electron chi connectivity index (χ1n) is 8.62. The highest BCUT2D eigenvalue weighted by Crippen LogP contribution is 2.25. The summed E-state index contributed by atoms with van der Waals surface area (Å²) in [6.07, 6.45) is 2.92. The van der Waals surface area contributed by atoms with E-state index in [1.54, 1.807) is 36.4 Å². The minimum Gasteiger partial charge on any atom is -0.304 e. The fourth-order valence-electron chi connectivity index (χ4n) is 2.79. The Kier molecular flexibility index (Phi) is 4.85. The number of aromatic nitrogens is 3. The van der Waals surface area contributed by atoms with Gasteiger partial charge in [-0.3, -0.25) is 15.3 Å². The Labute approximate surface area is 164 Å². The zero-order chi connectivity index (χ0) is 20.2. The topological polar surface area (TPSA) is 112 Å². The number of para-hydroxylation sites is 1. The highest BCUT2D eigenvalue weighted by molar-refractivity contribution is 6.07. The molecule has 9 heteroatoms. The van der Waals surface area contributed by atoms with Crippen LogP contribution in [-0.2, 0) is 0 Å². The lowest BCUT2D eigenvalue weighted by atomic mass is 10.0. The molecule has 2 aromatic heterocycles. The number of fused-ring (bicyclic) bond motifs is 1. The molecule has 0 atom stereocenters. The third-order valence-corrected chi connectivity index (χ3v) is 4.15. The van der Waals surface area contributed by atoms with Crippen LogP contribution in [0.1, 0.15) is 10.4 Å². The number of hydrazine groups is 1. The number of benzene rings is 2. The highest BCUT2D eigenvalue weighted by atomic mass is 19.1. The second-order valence-corrected chi connectivity index (χ2v) is 6.10. The van der Waals surface area contributed by atoms with Crippen LogP contribution in [0, 0.1) is 5.82 Å². The van der Waals surface area contributed by atoms with Crippen molar-refractivity contribution in [2.75, 3.05) is 5.32 Å². The van der Waals surface area contributed by atoms with Crippen molar-refractivity contribution < 1.29 is 14.0 Å². The average molecular weight is 390 g/mol. The Bertz CT molecular complexity index is 1180. The molecule has 2 aromatic carbocycles. The molecule has 0 aliphatic heterocycles. The minimum atomic E-state index is -0.628. The van der Waals surface area contributed by atoms with Gasteiger partial charge in [0, 0.05) is 17.1 Å². The van der Waals surface area contributed by atoms with Crippen LogP contribution in [-0.4, -0.2) is 27.1 Å². The fraction of sp³-hybridized carbons (Fsp3) is 0. The lowest BCUT2D eigenvalue weighted by Crippen LogP contribution is -2.44. The number of halogens is 1. The van der Waals surface area contributed by atoms with E-state index in [2.05, 4.69) is 31.3 Å². The summed E-state index contributed by atoms with van der Waals surface area (Å²) in [6, 6.07) is 13.9. The Balaban J connectivity index is 1.60. The van der Waals surface area contributed by atoms with Crippen molar-refractivity contribution in [1.82, 2.24) is 26.0 Å². The van der Waals surface area contributed by atoms with E-state index < -0.39 is 11.9 Å². The van der Waals surface area contributed by atoms with Gasteiger partial charge in [0.05, 0.1) is 28.7 Å². The van der Waals surface area contributed by atoms with E-state index >= 15 is 0 Å². The van der Waals surface area contributed by atoms with Crippen LogP contribution in [0.25, 0.3) is 22.2 Å². The molecule has 144 valence electrons. The summed E-state index contributed by atoms with van der Waals surface area (Å²) in [5.41, 5.74) is 7.20. The summed E-state index contributed by atoms with van der Waals surface area (Å²) in [5.74, 6) is -0.880. The molecule has 4 N–H and O–H groups in total. The van der Waals surface area contributed by atoms with Crippen molar-refractivity contribution >= 4 is 28.5 Å². The number of H-pyrrole nitrogens is 1. The van der Waals surface area contributed by atoms with Crippen LogP contribution >= 0.6 is 0 Å². The van der Waals surface area contributed by atoms with E-state index in [1.165, 1.54) is 24.5 Å². The molecule has 0 aliphatic rings. The Morgan fingerprint density at radius 2 is 1.79 bits per heavy atom. The predicted octanol–water partition coefficient (Wildman–Crippen LogP) is 3.23. The number of amides is 3. The zero-order valence-electron chi connectivity index (χ0n) is 14.9. The second-order valence-electron chi connectivity index (χ2n) is 6.10. The van der Waals surface area contributed by atoms with Crippen LogP contribution in [0.4, 0.5) is 14.9 Å². The molecular formula is C20H15FN6O2. The normalized spacial score (nSPS) is 10.5. The predicted molar refractivity (Wildman–Crippen MR) is 105 cm³/mol. The number of nitrogens with one attached hydrogen (secondary N) is 4. The fourth-order valence-corrected chi connectivity index (χ4v) is 2.79. The maximum absolute atomic E-state index is 13.2. The van der Waals surface area contributed by atoms with Crippen molar-refractivity contribution in [2.24, 2.45) is 0 Å². The largest absolute Gasteiger partial charge is 0.338 e. The number of rotatable bonds is 3. The maximum Gasteiger partial charge on any atom is 0.338 e. The molecule has 0 spiro atoms. The lowest BCUT2D eigenvalue weighted by Gasteiger charge is -2.11. The first-order valence-corrected chi connectivity index (χ1v) is 8.62. The van der Waals surface area contributed by atoms with Gasteiger partial charge in [0.25, 0.3) is 5.91 Å². The Hall–Kier alpha value is -4.27. The van der Waals surface area contributed by atoms with Gasteiger partial charge in [0.2, 0.25) is 0 Å². The SMILES string of the molecule is O=C(NNC(=O)c1cc(-c2ccc(F)cc2)nc2ccccc12)Nc1cn[nH]c1. The number of hydrogen-bond acceptors (Lipinski definition) is 4. The van der Waals surface area contributed by atoms with E-state index in [0.717, 1.165) is 0 Å². The Morgan fingerprint density at radius 3 is 2.55 bits per heavy atom. The monoisotopic (exact) mass is 390 g/mol. The molecule has 2 heterocycles. The maximum atomic E-state index is 13.2. The molecule has 4 rings (SSSR count). The standard InChI is InChI=1S/C20H15FN6O2/c21-13-7-5-12(6-8-13)18-9-16(15-3-1-2-4-17(15)25-18)19(28)26-27-20(29)24-14-10-22-23-11-14/h1-11H,(H,22,23)(H,26,28)(H2,24,27,29). The van der Waals surface area contributed by atoms with Gasteiger partial charge in [-0.1, -0.05) is 18.2 Å². The van der Waals surface area contributed by atoms with Crippen molar-refractivity contribution in [1.29, 1.82) is 0 Å². The van der Waals surface area contributed by atoms with Crippen LogP contribution < -0.4 is 16.2 Å². The molecule has 8 nitrogen and oxygen atoms in total. The van der Waals surface area contributed by atoms with Crippen LogP contribution in [0.15, 0.2) is 67.0 Å². The zero-order valence-corrected chi connectivity index (χ0v) is 14.9. The Morgan fingerprint density at radius 1 is 1.00 bits per heavy atom. The minimum absolute atomic E-state index is 0.318. The first kappa shape index (κ1) is 18.1. The second kappa shape index (κ2) is 7.77. The van der Waals surface area contributed by atoms with Gasteiger partial charge in [-0.2, -0.15) is 5.10 Å². The smallest absolute Gasteiger partial charge is 0.304 e. The first-order chi connectivity index (χ1) is 14.1. The van der Waals surface area contributed by atoms with E-state index in [1.807, 2.05) is 6.07 Å².